The number of hydrogen-bond donors (Lipinski definition) is 1. The molecule has 2 rings (SSSR count). The van der Waals surface area contributed by atoms with Gasteiger partial charge < -0.3 is 5.11 Å². The largest absolute Gasteiger partial charge is 0.480 e. The van der Waals surface area contributed by atoms with Gasteiger partial charge in [-0.3, -0.25) is 14.5 Å². The molecule has 98 valence electrons. The van der Waals surface area contributed by atoms with E-state index in [-0.39, 0.29) is 4.32 Å². The van der Waals surface area contributed by atoms with Crippen LogP contribution in [0, 0.1) is 0 Å². The summed E-state index contributed by atoms with van der Waals surface area (Å²) in [4.78, 5) is 24.1. The molecule has 1 heterocycles. The molecule has 0 aliphatic carbocycles. The van der Waals surface area contributed by atoms with Crippen molar-refractivity contribution in [3.8, 4) is 0 Å². The summed E-state index contributed by atoms with van der Waals surface area (Å²) in [5.41, 5.74) is 0.767. The van der Waals surface area contributed by atoms with Crippen LogP contribution in [0.15, 0.2) is 29.2 Å². The first-order valence-corrected chi connectivity index (χ1v) is 6.80. The van der Waals surface area contributed by atoms with Crippen molar-refractivity contribution in [1.82, 2.24) is 4.90 Å². The first kappa shape index (κ1) is 14.0. The molecule has 0 unspecified atom stereocenters. The van der Waals surface area contributed by atoms with Crippen molar-refractivity contribution in [2.45, 2.75) is 0 Å². The Labute approximate surface area is 124 Å². The van der Waals surface area contributed by atoms with Crippen molar-refractivity contribution in [2.75, 3.05) is 6.54 Å². The number of aliphatic carboxylic acids is 1. The molecule has 0 spiro atoms. The van der Waals surface area contributed by atoms with E-state index in [0.29, 0.717) is 9.93 Å². The standard InChI is InChI=1S/C12H8ClNO3S2/c13-8-3-1-2-7(4-8)5-9-11(17)14(6-10(15)16)12(18)19-9/h1-5H,6H2,(H,15,16)/b9-5-. The molecule has 1 amide bonds. The van der Waals surface area contributed by atoms with Crippen LogP contribution in [0.4, 0.5) is 0 Å². The number of thiocarbonyl (C=S) groups is 1. The van der Waals surface area contributed by atoms with Gasteiger partial charge in [0.15, 0.2) is 0 Å². The molecule has 7 heteroatoms. The third-order valence-corrected chi connectivity index (χ3v) is 3.93. The molecule has 1 saturated heterocycles. The Bertz CT molecular complexity index is 600. The average Bonchev–Trinajstić information content (AvgIpc) is 2.57. The Hall–Kier alpha value is -1.37. The van der Waals surface area contributed by atoms with Crippen LogP contribution in [0.1, 0.15) is 5.56 Å². The Morgan fingerprint density at radius 2 is 2.26 bits per heavy atom. The fourth-order valence-electron chi connectivity index (χ4n) is 1.52. The lowest BCUT2D eigenvalue weighted by molar-refractivity contribution is -0.140. The van der Waals surface area contributed by atoms with Crippen molar-refractivity contribution >= 4 is 57.9 Å². The molecule has 0 atom stereocenters. The summed E-state index contributed by atoms with van der Waals surface area (Å²) < 4.78 is 0.251. The maximum atomic E-state index is 12.0. The van der Waals surface area contributed by atoms with Gasteiger partial charge in [-0.25, -0.2) is 0 Å². The highest BCUT2D eigenvalue weighted by molar-refractivity contribution is 8.26. The minimum absolute atomic E-state index is 0.251. The van der Waals surface area contributed by atoms with Gasteiger partial charge in [0.05, 0.1) is 4.91 Å². The Morgan fingerprint density at radius 1 is 1.53 bits per heavy atom. The SMILES string of the molecule is O=C(O)CN1C(=O)/C(=C/c2cccc(Cl)c2)SC1=S. The predicted molar refractivity (Wildman–Crippen MR) is 79.0 cm³/mol. The zero-order chi connectivity index (χ0) is 14.0. The van der Waals surface area contributed by atoms with E-state index in [9.17, 15) is 9.59 Å². The number of carbonyl (C=O) groups excluding carboxylic acids is 1. The number of benzene rings is 1. The van der Waals surface area contributed by atoms with Crippen LogP contribution in [0.5, 0.6) is 0 Å². The number of thioether (sulfide) groups is 1. The molecule has 0 radical (unpaired) electrons. The summed E-state index contributed by atoms with van der Waals surface area (Å²) in [7, 11) is 0. The van der Waals surface area contributed by atoms with Gasteiger partial charge in [0.1, 0.15) is 10.9 Å². The van der Waals surface area contributed by atoms with Crippen molar-refractivity contribution in [3.63, 3.8) is 0 Å². The number of carbonyl (C=O) groups is 2. The lowest BCUT2D eigenvalue weighted by Gasteiger charge is -2.10. The highest BCUT2D eigenvalue weighted by Gasteiger charge is 2.33. The van der Waals surface area contributed by atoms with Crippen LogP contribution in [0.2, 0.25) is 5.02 Å². The number of hydrogen-bond acceptors (Lipinski definition) is 4. The molecule has 1 aliphatic rings. The Morgan fingerprint density at radius 3 is 2.89 bits per heavy atom. The zero-order valence-electron chi connectivity index (χ0n) is 9.50. The predicted octanol–water partition coefficient (Wildman–Crippen LogP) is 2.63. The zero-order valence-corrected chi connectivity index (χ0v) is 11.9. The van der Waals surface area contributed by atoms with Crippen LogP contribution in [-0.4, -0.2) is 32.7 Å². The maximum Gasteiger partial charge on any atom is 0.323 e. The summed E-state index contributed by atoms with van der Waals surface area (Å²) in [6, 6.07) is 7.02. The summed E-state index contributed by atoms with van der Waals surface area (Å²) in [5, 5.41) is 9.29. The molecule has 1 N–H and O–H groups in total. The molecule has 4 nitrogen and oxygen atoms in total. The summed E-state index contributed by atoms with van der Waals surface area (Å²) >= 11 is 11.9. The van der Waals surface area contributed by atoms with E-state index < -0.39 is 18.4 Å². The summed E-state index contributed by atoms with van der Waals surface area (Å²) in [5.74, 6) is -1.49. The average molecular weight is 314 g/mol. The smallest absolute Gasteiger partial charge is 0.323 e. The third-order valence-electron chi connectivity index (χ3n) is 2.31. The second kappa shape index (κ2) is 5.73. The fraction of sp³-hybridized carbons (Fsp3) is 0.0833. The van der Waals surface area contributed by atoms with E-state index >= 15 is 0 Å². The minimum Gasteiger partial charge on any atom is -0.480 e. The van der Waals surface area contributed by atoms with E-state index in [1.807, 2.05) is 0 Å². The van der Waals surface area contributed by atoms with E-state index in [0.717, 1.165) is 22.2 Å². The number of carboxylic acids is 1. The maximum absolute atomic E-state index is 12.0. The normalized spacial score (nSPS) is 17.3. The van der Waals surface area contributed by atoms with Gasteiger partial charge in [-0.1, -0.05) is 47.7 Å². The van der Waals surface area contributed by atoms with Crippen LogP contribution in [-0.2, 0) is 9.59 Å². The molecule has 0 aromatic heterocycles. The third kappa shape index (κ3) is 3.34. The fourth-order valence-corrected chi connectivity index (χ4v) is 2.97. The molecular weight excluding hydrogens is 306 g/mol. The molecular formula is C12H8ClNO3S2. The van der Waals surface area contributed by atoms with E-state index in [1.165, 1.54) is 0 Å². The summed E-state index contributed by atoms with van der Waals surface area (Å²) in [6.07, 6.45) is 1.65. The van der Waals surface area contributed by atoms with Crippen LogP contribution in [0.25, 0.3) is 6.08 Å². The molecule has 1 aromatic rings. The van der Waals surface area contributed by atoms with Crippen molar-refractivity contribution in [3.05, 3.63) is 39.8 Å². The Kier molecular flexibility index (Phi) is 4.24. The van der Waals surface area contributed by atoms with Gasteiger partial charge in [0, 0.05) is 5.02 Å². The van der Waals surface area contributed by atoms with Gasteiger partial charge in [-0.05, 0) is 23.8 Å². The first-order chi connectivity index (χ1) is 8.97. The molecule has 0 bridgehead atoms. The number of amides is 1. The Balaban J connectivity index is 2.25. The molecule has 0 saturated carbocycles. The van der Waals surface area contributed by atoms with Gasteiger partial charge in [-0.15, -0.1) is 0 Å². The van der Waals surface area contributed by atoms with E-state index in [2.05, 4.69) is 0 Å². The van der Waals surface area contributed by atoms with E-state index in [4.69, 9.17) is 28.9 Å². The number of nitrogens with zero attached hydrogens (tertiary/aromatic N) is 1. The van der Waals surface area contributed by atoms with Crippen molar-refractivity contribution < 1.29 is 14.7 Å². The highest BCUT2D eigenvalue weighted by Crippen LogP contribution is 2.32. The lowest BCUT2D eigenvalue weighted by Crippen LogP contribution is -2.33. The van der Waals surface area contributed by atoms with Gasteiger partial charge in [0.25, 0.3) is 5.91 Å². The first-order valence-electron chi connectivity index (χ1n) is 5.20. The molecule has 19 heavy (non-hydrogen) atoms. The quantitative estimate of drug-likeness (QED) is 0.686. The molecule has 1 aromatic carbocycles. The number of halogens is 1. The topological polar surface area (TPSA) is 57.6 Å². The van der Waals surface area contributed by atoms with Crippen molar-refractivity contribution in [2.24, 2.45) is 0 Å². The van der Waals surface area contributed by atoms with Crippen molar-refractivity contribution in [1.29, 1.82) is 0 Å². The second-order valence-corrected chi connectivity index (χ2v) is 5.83. The van der Waals surface area contributed by atoms with E-state index in [1.54, 1.807) is 30.3 Å². The number of rotatable bonds is 3. The van der Waals surface area contributed by atoms with Gasteiger partial charge in [0.2, 0.25) is 0 Å². The minimum atomic E-state index is -1.10. The monoisotopic (exact) mass is 313 g/mol. The lowest BCUT2D eigenvalue weighted by atomic mass is 10.2. The van der Waals surface area contributed by atoms with Gasteiger partial charge >= 0.3 is 5.97 Å². The number of carboxylic acid groups (broad SMARTS) is 1. The van der Waals surface area contributed by atoms with Gasteiger partial charge in [-0.2, -0.15) is 0 Å². The summed E-state index contributed by atoms with van der Waals surface area (Å²) in [6.45, 7) is -0.419. The molecule has 1 fully saturated rings. The molecule has 1 aliphatic heterocycles. The second-order valence-electron chi connectivity index (χ2n) is 3.72. The van der Waals surface area contributed by atoms with Crippen LogP contribution in [0.3, 0.4) is 0 Å². The highest BCUT2D eigenvalue weighted by atomic mass is 35.5. The van der Waals surface area contributed by atoms with Crippen LogP contribution < -0.4 is 0 Å². The van der Waals surface area contributed by atoms with Crippen LogP contribution >= 0.6 is 35.6 Å².